The van der Waals surface area contributed by atoms with Gasteiger partial charge in [-0.25, -0.2) is 10.1 Å². The second kappa shape index (κ2) is 7.71. The van der Waals surface area contributed by atoms with Gasteiger partial charge in [0.2, 0.25) is 0 Å². The fraction of sp³-hybridized carbons (Fsp3) is 0.0476. The van der Waals surface area contributed by atoms with Crippen LogP contribution in [-0.2, 0) is 6.54 Å². The number of amides is 1. The van der Waals surface area contributed by atoms with Gasteiger partial charge in [-0.2, -0.15) is 10.2 Å². The van der Waals surface area contributed by atoms with Crippen molar-refractivity contribution in [1.82, 2.24) is 15.2 Å². The molecule has 0 atom stereocenters. The molecule has 2 heterocycles. The van der Waals surface area contributed by atoms with Gasteiger partial charge >= 0.3 is 0 Å². The molecule has 7 nitrogen and oxygen atoms in total. The summed E-state index contributed by atoms with van der Waals surface area (Å²) >= 11 is 0. The monoisotopic (exact) mass is 372 g/mol. The molecular formula is C21H16N4O3. The van der Waals surface area contributed by atoms with Gasteiger partial charge < -0.3 is 4.42 Å². The highest BCUT2D eigenvalue weighted by atomic mass is 16.3. The maximum absolute atomic E-state index is 12.8. The fourth-order valence-electron chi connectivity index (χ4n) is 2.84. The molecule has 0 fully saturated rings. The molecular weight excluding hydrogens is 356 g/mol. The van der Waals surface area contributed by atoms with Gasteiger partial charge in [-0.15, -0.1) is 0 Å². The molecule has 0 aliphatic rings. The molecule has 2 aromatic carbocycles. The van der Waals surface area contributed by atoms with E-state index in [1.807, 2.05) is 30.3 Å². The summed E-state index contributed by atoms with van der Waals surface area (Å²) in [6.45, 7) is 0.264. The van der Waals surface area contributed by atoms with Crippen molar-refractivity contribution in [2.24, 2.45) is 5.10 Å². The Bertz CT molecular complexity index is 1200. The lowest BCUT2D eigenvalue weighted by molar-refractivity contribution is 0.0949. The molecule has 4 aromatic rings. The first kappa shape index (κ1) is 17.4. The topological polar surface area (TPSA) is 89.5 Å². The Kier molecular flexibility index (Phi) is 4.79. The van der Waals surface area contributed by atoms with Crippen LogP contribution < -0.4 is 11.0 Å². The van der Waals surface area contributed by atoms with Crippen LogP contribution in [-0.4, -0.2) is 21.9 Å². The maximum Gasteiger partial charge on any atom is 0.292 e. The molecule has 0 saturated heterocycles. The van der Waals surface area contributed by atoms with Crippen LogP contribution in [0.15, 0.2) is 87.3 Å². The minimum atomic E-state index is -0.513. The number of carbonyl (C=O) groups excluding carboxylic acids is 1. The molecule has 2 aromatic heterocycles. The van der Waals surface area contributed by atoms with E-state index in [0.29, 0.717) is 16.5 Å². The average molecular weight is 372 g/mol. The van der Waals surface area contributed by atoms with E-state index in [1.54, 1.807) is 36.4 Å². The third kappa shape index (κ3) is 3.59. The zero-order chi connectivity index (χ0) is 19.3. The molecule has 1 amide bonds. The third-order valence-corrected chi connectivity index (χ3v) is 4.16. The second-order valence-electron chi connectivity index (χ2n) is 6.06. The smallest absolute Gasteiger partial charge is 0.292 e. The third-order valence-electron chi connectivity index (χ3n) is 4.16. The number of aromatic nitrogens is 2. The standard InChI is InChI=1S/C21H16N4O3/c26-20(23-22-13-16-9-6-12-28-16)19-17-10-4-5-11-18(17)21(27)25(24-19)14-15-7-2-1-3-8-15/h1-13H,14H2,(H,23,26)/b22-13-. The Hall–Kier alpha value is -4.00. The van der Waals surface area contributed by atoms with Crippen molar-refractivity contribution in [3.63, 3.8) is 0 Å². The summed E-state index contributed by atoms with van der Waals surface area (Å²) in [6.07, 6.45) is 2.90. The highest BCUT2D eigenvalue weighted by Gasteiger charge is 2.16. The van der Waals surface area contributed by atoms with Crippen molar-refractivity contribution in [1.29, 1.82) is 0 Å². The van der Waals surface area contributed by atoms with Crippen LogP contribution in [0.1, 0.15) is 21.8 Å². The van der Waals surface area contributed by atoms with Crippen molar-refractivity contribution < 1.29 is 9.21 Å². The van der Waals surface area contributed by atoms with Gasteiger partial charge in [-0.1, -0.05) is 48.5 Å². The lowest BCUT2D eigenvalue weighted by Gasteiger charge is -2.10. The number of furan rings is 1. The Morgan fingerprint density at radius 2 is 1.79 bits per heavy atom. The van der Waals surface area contributed by atoms with Gasteiger partial charge in [0.25, 0.3) is 11.5 Å². The Morgan fingerprint density at radius 3 is 2.54 bits per heavy atom. The molecule has 4 rings (SSSR count). The van der Waals surface area contributed by atoms with E-state index in [2.05, 4.69) is 15.6 Å². The number of hydrogen-bond donors (Lipinski definition) is 1. The summed E-state index contributed by atoms with van der Waals surface area (Å²) in [5, 5.41) is 9.09. The van der Waals surface area contributed by atoms with E-state index in [1.165, 1.54) is 17.2 Å². The number of nitrogens with zero attached hydrogens (tertiary/aromatic N) is 3. The van der Waals surface area contributed by atoms with E-state index >= 15 is 0 Å². The normalized spacial score (nSPS) is 11.1. The summed E-state index contributed by atoms with van der Waals surface area (Å²) in [4.78, 5) is 25.5. The molecule has 7 heteroatoms. The molecule has 28 heavy (non-hydrogen) atoms. The summed E-state index contributed by atoms with van der Waals surface area (Å²) in [5.74, 6) is -0.00650. The van der Waals surface area contributed by atoms with Gasteiger partial charge in [0.05, 0.1) is 24.4 Å². The first-order valence-electron chi connectivity index (χ1n) is 8.63. The summed E-state index contributed by atoms with van der Waals surface area (Å²) in [6, 6.07) is 19.8. The largest absolute Gasteiger partial charge is 0.463 e. The average Bonchev–Trinajstić information content (AvgIpc) is 3.24. The minimum Gasteiger partial charge on any atom is -0.463 e. The minimum absolute atomic E-state index is 0.128. The number of carbonyl (C=O) groups is 1. The fourth-order valence-corrected chi connectivity index (χ4v) is 2.84. The van der Waals surface area contributed by atoms with Gasteiger partial charge in [-0.05, 0) is 23.8 Å². The van der Waals surface area contributed by atoms with Gasteiger partial charge in [0.15, 0.2) is 5.69 Å². The van der Waals surface area contributed by atoms with E-state index < -0.39 is 5.91 Å². The number of nitrogens with one attached hydrogen (secondary N) is 1. The van der Waals surface area contributed by atoms with E-state index in [0.717, 1.165) is 5.56 Å². The van der Waals surface area contributed by atoms with Gasteiger partial charge in [-0.3, -0.25) is 9.59 Å². The maximum atomic E-state index is 12.8. The van der Waals surface area contributed by atoms with Crippen molar-refractivity contribution in [3.05, 3.63) is 100 Å². The Balaban J connectivity index is 1.71. The molecule has 0 spiro atoms. The highest BCUT2D eigenvalue weighted by Crippen LogP contribution is 2.14. The highest BCUT2D eigenvalue weighted by molar-refractivity contribution is 6.04. The lowest BCUT2D eigenvalue weighted by atomic mass is 10.1. The molecule has 1 N–H and O–H groups in total. The number of hydrogen-bond acceptors (Lipinski definition) is 5. The van der Waals surface area contributed by atoms with Gasteiger partial charge in [0.1, 0.15) is 5.76 Å². The van der Waals surface area contributed by atoms with Crippen LogP contribution in [0.5, 0.6) is 0 Å². The number of fused-ring (bicyclic) bond motifs is 1. The predicted octanol–water partition coefficient (Wildman–Crippen LogP) is 2.80. The molecule has 0 bridgehead atoms. The van der Waals surface area contributed by atoms with Crippen LogP contribution in [0, 0.1) is 0 Å². The van der Waals surface area contributed by atoms with Gasteiger partial charge in [0, 0.05) is 5.39 Å². The molecule has 0 radical (unpaired) electrons. The van der Waals surface area contributed by atoms with E-state index in [9.17, 15) is 9.59 Å². The molecule has 0 aliphatic carbocycles. The zero-order valence-electron chi connectivity index (χ0n) is 14.8. The first-order chi connectivity index (χ1) is 13.7. The van der Waals surface area contributed by atoms with Crippen molar-refractivity contribution in [2.75, 3.05) is 0 Å². The molecule has 0 aliphatic heterocycles. The van der Waals surface area contributed by atoms with E-state index in [-0.39, 0.29) is 17.8 Å². The quantitative estimate of drug-likeness (QED) is 0.431. The molecule has 0 saturated carbocycles. The second-order valence-corrected chi connectivity index (χ2v) is 6.06. The van der Waals surface area contributed by atoms with Crippen molar-refractivity contribution >= 4 is 22.9 Å². The van der Waals surface area contributed by atoms with Crippen LogP contribution in [0.4, 0.5) is 0 Å². The Morgan fingerprint density at radius 1 is 1.04 bits per heavy atom. The SMILES string of the molecule is O=C(N/N=C\c1ccco1)c1nn(Cc2ccccc2)c(=O)c2ccccc12. The zero-order valence-corrected chi connectivity index (χ0v) is 14.8. The first-order valence-corrected chi connectivity index (χ1v) is 8.63. The number of rotatable bonds is 5. The summed E-state index contributed by atoms with van der Waals surface area (Å²) in [7, 11) is 0. The molecule has 138 valence electrons. The van der Waals surface area contributed by atoms with Crippen LogP contribution in [0.25, 0.3) is 10.8 Å². The molecule has 0 unspecified atom stereocenters. The van der Waals surface area contributed by atoms with Crippen molar-refractivity contribution in [2.45, 2.75) is 6.54 Å². The van der Waals surface area contributed by atoms with E-state index in [4.69, 9.17) is 4.42 Å². The summed E-state index contributed by atoms with van der Waals surface area (Å²) < 4.78 is 6.43. The predicted molar refractivity (Wildman–Crippen MR) is 105 cm³/mol. The number of benzene rings is 2. The summed E-state index contributed by atoms with van der Waals surface area (Å²) in [5.41, 5.74) is 3.22. The Labute approximate surface area is 159 Å². The van der Waals surface area contributed by atoms with Crippen LogP contribution in [0.2, 0.25) is 0 Å². The van der Waals surface area contributed by atoms with Crippen molar-refractivity contribution in [3.8, 4) is 0 Å². The van der Waals surface area contributed by atoms with Crippen LogP contribution in [0.3, 0.4) is 0 Å². The number of hydrazone groups is 1. The van der Waals surface area contributed by atoms with Crippen LogP contribution >= 0.6 is 0 Å². The lowest BCUT2D eigenvalue weighted by Crippen LogP contribution is -2.29.